The van der Waals surface area contributed by atoms with Crippen molar-refractivity contribution in [1.29, 1.82) is 0 Å². The van der Waals surface area contributed by atoms with Gasteiger partial charge < -0.3 is 5.21 Å². The first-order valence-electron chi connectivity index (χ1n) is 4.33. The molecule has 74 valence electrons. The Kier molecular flexibility index (Phi) is 3.00. The van der Waals surface area contributed by atoms with Crippen LogP contribution in [-0.2, 0) is 6.54 Å². The fraction of sp³-hybridized carbons (Fsp3) is 0.750. The van der Waals surface area contributed by atoms with Crippen molar-refractivity contribution in [1.82, 2.24) is 20.1 Å². The molecule has 0 radical (unpaired) electrons. The summed E-state index contributed by atoms with van der Waals surface area (Å²) < 4.78 is 1.85. The van der Waals surface area contributed by atoms with E-state index in [-0.39, 0.29) is 0 Å². The van der Waals surface area contributed by atoms with Gasteiger partial charge in [0.05, 0.1) is 12.2 Å². The Morgan fingerprint density at radius 1 is 1.54 bits per heavy atom. The molecule has 1 aromatic heterocycles. The number of hydrogen-bond donors (Lipinski definition) is 1. The molecule has 5 heteroatoms. The number of hydrogen-bond acceptors (Lipinski definition) is 4. The molecule has 0 aliphatic heterocycles. The molecule has 0 fully saturated rings. The molecule has 0 aliphatic carbocycles. The third-order valence-electron chi connectivity index (χ3n) is 1.89. The lowest BCUT2D eigenvalue weighted by molar-refractivity contribution is -0.0742. The fourth-order valence-corrected chi connectivity index (χ4v) is 1.23. The van der Waals surface area contributed by atoms with E-state index < -0.39 is 0 Å². The number of aromatic nitrogens is 3. The summed E-state index contributed by atoms with van der Waals surface area (Å²) in [5.41, 5.74) is 1.83. The Balaban J connectivity index is 2.86. The van der Waals surface area contributed by atoms with E-state index in [0.29, 0.717) is 12.6 Å². The van der Waals surface area contributed by atoms with Gasteiger partial charge in [-0.2, -0.15) is 5.06 Å². The van der Waals surface area contributed by atoms with E-state index in [2.05, 4.69) is 10.3 Å². The largest absolute Gasteiger partial charge is 0.314 e. The minimum absolute atomic E-state index is 0.310. The van der Waals surface area contributed by atoms with Crippen LogP contribution in [0.15, 0.2) is 0 Å². The molecule has 1 heterocycles. The van der Waals surface area contributed by atoms with E-state index in [4.69, 9.17) is 5.21 Å². The normalized spacial score (nSPS) is 11.6. The average Bonchev–Trinajstić information content (AvgIpc) is 2.32. The molecular formula is C8H16N4O. The zero-order valence-corrected chi connectivity index (χ0v) is 8.52. The van der Waals surface area contributed by atoms with E-state index in [1.165, 1.54) is 0 Å². The Bertz CT molecular complexity index is 280. The number of hydroxylamine groups is 2. The Hall–Kier alpha value is -0.940. The van der Waals surface area contributed by atoms with E-state index in [1.54, 1.807) is 7.05 Å². The van der Waals surface area contributed by atoms with Crippen LogP contribution < -0.4 is 0 Å². The molecule has 0 atom stereocenters. The van der Waals surface area contributed by atoms with Gasteiger partial charge in [-0.05, 0) is 20.8 Å². The van der Waals surface area contributed by atoms with Gasteiger partial charge in [-0.15, -0.1) is 5.10 Å². The van der Waals surface area contributed by atoms with Crippen LogP contribution in [0.3, 0.4) is 0 Å². The second kappa shape index (κ2) is 3.85. The highest BCUT2D eigenvalue weighted by Crippen LogP contribution is 2.10. The minimum Gasteiger partial charge on any atom is -0.314 e. The van der Waals surface area contributed by atoms with Gasteiger partial charge in [0.25, 0.3) is 0 Å². The lowest BCUT2D eigenvalue weighted by Crippen LogP contribution is -2.13. The Labute approximate surface area is 77.9 Å². The van der Waals surface area contributed by atoms with Crippen molar-refractivity contribution in [3.8, 4) is 0 Å². The Morgan fingerprint density at radius 3 is 2.54 bits per heavy atom. The van der Waals surface area contributed by atoms with Gasteiger partial charge in [-0.25, -0.2) is 4.68 Å². The lowest BCUT2D eigenvalue weighted by atomic mass is 10.3. The molecule has 1 N–H and O–H groups in total. The van der Waals surface area contributed by atoms with Crippen LogP contribution in [0.5, 0.6) is 0 Å². The lowest BCUT2D eigenvalue weighted by Gasteiger charge is -2.08. The van der Waals surface area contributed by atoms with Crippen molar-refractivity contribution >= 4 is 0 Å². The molecule has 13 heavy (non-hydrogen) atoms. The summed E-state index contributed by atoms with van der Waals surface area (Å²) in [6, 6.07) is 0.310. The van der Waals surface area contributed by atoms with Crippen LogP contribution in [-0.4, -0.2) is 32.3 Å². The van der Waals surface area contributed by atoms with Crippen molar-refractivity contribution in [2.75, 3.05) is 7.05 Å². The van der Waals surface area contributed by atoms with Crippen LogP contribution in [0.25, 0.3) is 0 Å². The van der Waals surface area contributed by atoms with E-state index in [1.807, 2.05) is 25.5 Å². The SMILES string of the molecule is Cc1c(CN(C)O)nnn1C(C)C. The summed E-state index contributed by atoms with van der Waals surface area (Å²) in [5, 5.41) is 18.1. The second-order valence-corrected chi connectivity index (χ2v) is 3.48. The average molecular weight is 184 g/mol. The van der Waals surface area contributed by atoms with Crippen molar-refractivity contribution in [2.45, 2.75) is 33.4 Å². The zero-order chi connectivity index (χ0) is 10.0. The van der Waals surface area contributed by atoms with Crippen LogP contribution in [0.4, 0.5) is 0 Å². The highest BCUT2D eigenvalue weighted by atomic mass is 16.5. The first kappa shape index (κ1) is 10.1. The van der Waals surface area contributed by atoms with E-state index >= 15 is 0 Å². The van der Waals surface area contributed by atoms with Crippen molar-refractivity contribution in [3.05, 3.63) is 11.4 Å². The second-order valence-electron chi connectivity index (χ2n) is 3.48. The van der Waals surface area contributed by atoms with Crippen molar-refractivity contribution < 1.29 is 5.21 Å². The van der Waals surface area contributed by atoms with Crippen molar-refractivity contribution in [3.63, 3.8) is 0 Å². The molecular weight excluding hydrogens is 168 g/mol. The molecule has 1 rings (SSSR count). The molecule has 0 amide bonds. The summed E-state index contributed by atoms with van der Waals surface area (Å²) >= 11 is 0. The molecule has 0 saturated heterocycles. The van der Waals surface area contributed by atoms with Crippen LogP contribution in [0.1, 0.15) is 31.3 Å². The van der Waals surface area contributed by atoms with Crippen LogP contribution >= 0.6 is 0 Å². The minimum atomic E-state index is 0.310. The van der Waals surface area contributed by atoms with Gasteiger partial charge >= 0.3 is 0 Å². The van der Waals surface area contributed by atoms with Crippen molar-refractivity contribution in [2.24, 2.45) is 0 Å². The molecule has 0 unspecified atom stereocenters. The first-order valence-corrected chi connectivity index (χ1v) is 4.33. The standard InChI is InChI=1S/C8H16N4O/c1-6(2)12-7(3)8(9-10-12)5-11(4)13/h6,13H,5H2,1-4H3. The van der Waals surface area contributed by atoms with Gasteiger partial charge in [0.2, 0.25) is 0 Å². The summed E-state index contributed by atoms with van der Waals surface area (Å²) in [5.74, 6) is 0. The molecule has 0 bridgehead atoms. The van der Waals surface area contributed by atoms with Gasteiger partial charge in [0.1, 0.15) is 5.69 Å². The smallest absolute Gasteiger partial charge is 0.102 e. The molecule has 5 nitrogen and oxygen atoms in total. The molecule has 0 aromatic carbocycles. The quantitative estimate of drug-likeness (QED) is 0.712. The topological polar surface area (TPSA) is 54.2 Å². The summed E-state index contributed by atoms with van der Waals surface area (Å²) in [6.07, 6.45) is 0. The first-order chi connectivity index (χ1) is 6.02. The third-order valence-corrected chi connectivity index (χ3v) is 1.89. The summed E-state index contributed by atoms with van der Waals surface area (Å²) in [6.45, 7) is 6.47. The van der Waals surface area contributed by atoms with Gasteiger partial charge in [-0.1, -0.05) is 5.21 Å². The van der Waals surface area contributed by atoms with Gasteiger partial charge in [0.15, 0.2) is 0 Å². The predicted octanol–water partition coefficient (Wildman–Crippen LogP) is 0.988. The van der Waals surface area contributed by atoms with E-state index in [0.717, 1.165) is 16.5 Å². The highest BCUT2D eigenvalue weighted by molar-refractivity contribution is 5.07. The molecule has 1 aromatic rings. The third kappa shape index (κ3) is 2.26. The number of rotatable bonds is 3. The maximum Gasteiger partial charge on any atom is 0.102 e. The molecule has 0 spiro atoms. The predicted molar refractivity (Wildman–Crippen MR) is 48.4 cm³/mol. The fourth-order valence-electron chi connectivity index (χ4n) is 1.23. The zero-order valence-electron chi connectivity index (χ0n) is 8.52. The maximum absolute atomic E-state index is 9.03. The van der Waals surface area contributed by atoms with Crippen LogP contribution in [0.2, 0.25) is 0 Å². The number of nitrogens with zero attached hydrogens (tertiary/aromatic N) is 4. The van der Waals surface area contributed by atoms with E-state index in [9.17, 15) is 0 Å². The molecule has 0 aliphatic rings. The Morgan fingerprint density at radius 2 is 2.15 bits per heavy atom. The van der Waals surface area contributed by atoms with Gasteiger partial charge in [-0.3, -0.25) is 0 Å². The summed E-state index contributed by atoms with van der Waals surface area (Å²) in [4.78, 5) is 0. The van der Waals surface area contributed by atoms with Crippen LogP contribution in [0, 0.1) is 6.92 Å². The highest BCUT2D eigenvalue weighted by Gasteiger charge is 2.11. The summed E-state index contributed by atoms with van der Waals surface area (Å²) in [7, 11) is 1.59. The van der Waals surface area contributed by atoms with Gasteiger partial charge in [0, 0.05) is 13.1 Å². The molecule has 0 saturated carbocycles. The maximum atomic E-state index is 9.03. The monoisotopic (exact) mass is 184 g/mol.